The summed E-state index contributed by atoms with van der Waals surface area (Å²) in [5.41, 5.74) is 6.07. The summed E-state index contributed by atoms with van der Waals surface area (Å²) in [6.07, 6.45) is 3.80. The number of carbonyl (C=O) groups is 1. The molecule has 2 saturated carbocycles. The molecule has 1 aliphatic heterocycles. The van der Waals surface area contributed by atoms with Gasteiger partial charge in [0.15, 0.2) is 0 Å². The Labute approximate surface area is 251 Å². The maximum Gasteiger partial charge on any atom is 0.261 e. The zero-order chi connectivity index (χ0) is 29.0. The van der Waals surface area contributed by atoms with Crippen molar-refractivity contribution in [3.8, 4) is 0 Å². The summed E-state index contributed by atoms with van der Waals surface area (Å²) in [5, 5.41) is 7.25. The lowest BCUT2D eigenvalue weighted by atomic mass is 9.68. The number of halogens is 1. The van der Waals surface area contributed by atoms with Gasteiger partial charge in [-0.2, -0.15) is 0 Å². The second-order valence-electron chi connectivity index (χ2n) is 11.8. The Hall–Kier alpha value is -3.81. The summed E-state index contributed by atoms with van der Waals surface area (Å²) in [5.74, 6) is 2.11. The van der Waals surface area contributed by atoms with Crippen molar-refractivity contribution < 1.29 is 13.2 Å². The van der Waals surface area contributed by atoms with Crippen LogP contribution in [0.1, 0.15) is 58.3 Å². The molecule has 1 amide bonds. The molecule has 0 aromatic heterocycles. The van der Waals surface area contributed by atoms with Crippen LogP contribution in [0.3, 0.4) is 0 Å². The fourth-order valence-electron chi connectivity index (χ4n) is 7.41. The van der Waals surface area contributed by atoms with Gasteiger partial charge in [-0.3, -0.25) is 9.52 Å². The highest BCUT2D eigenvalue weighted by Crippen LogP contribution is 2.63. The Bertz CT molecular complexity index is 1780. The van der Waals surface area contributed by atoms with Gasteiger partial charge in [0.2, 0.25) is 0 Å². The van der Waals surface area contributed by atoms with Gasteiger partial charge in [0.1, 0.15) is 0 Å². The van der Waals surface area contributed by atoms with E-state index in [0.29, 0.717) is 45.6 Å². The Morgan fingerprint density at radius 2 is 1.62 bits per heavy atom. The Kier molecular flexibility index (Phi) is 6.75. The molecule has 3 aliphatic rings. The number of benzene rings is 4. The summed E-state index contributed by atoms with van der Waals surface area (Å²) >= 11 is 6.14. The summed E-state index contributed by atoms with van der Waals surface area (Å²) < 4.78 is 28.4. The number of hydrogen-bond acceptors (Lipinski definition) is 4. The van der Waals surface area contributed by atoms with Crippen LogP contribution in [0.25, 0.3) is 0 Å². The van der Waals surface area contributed by atoms with Gasteiger partial charge in [-0.05, 0) is 121 Å². The number of sulfonamides is 1. The largest absolute Gasteiger partial charge is 0.378 e. The monoisotopic (exact) mass is 597 g/mol. The molecule has 0 unspecified atom stereocenters. The summed E-state index contributed by atoms with van der Waals surface area (Å²) in [4.78, 5) is 13.4. The van der Waals surface area contributed by atoms with E-state index in [-0.39, 0.29) is 16.8 Å². The standard InChI is InChI=1S/C34H32ClN3O3S/c1-20-7-11-26(19-29(20)35)38-42(40,41)27-14-12-25(13-15-27)36-34(39)24-10-16-30-28(18-24)31-22-8-9-23(17-22)32(31)33(37-30)21-5-3-2-4-6-21/h2-7,10-16,18-19,22-23,31-33,37-38H,8-9,17H2,1H3,(H,36,39)/t22-,23-,31-,32+,33+/m0/s1. The normalized spacial score (nSPS) is 23.9. The van der Waals surface area contributed by atoms with Gasteiger partial charge in [-0.25, -0.2) is 8.42 Å². The van der Waals surface area contributed by atoms with Crippen molar-refractivity contribution in [1.29, 1.82) is 0 Å². The molecule has 2 bridgehead atoms. The van der Waals surface area contributed by atoms with E-state index in [1.165, 1.54) is 42.5 Å². The first-order valence-corrected chi connectivity index (χ1v) is 16.3. The maximum absolute atomic E-state index is 13.3. The predicted octanol–water partition coefficient (Wildman–Crippen LogP) is 8.00. The number of rotatable bonds is 6. The van der Waals surface area contributed by atoms with E-state index in [4.69, 9.17) is 11.6 Å². The Morgan fingerprint density at radius 1 is 0.881 bits per heavy atom. The molecule has 2 fully saturated rings. The molecule has 4 aromatic carbocycles. The first-order valence-electron chi connectivity index (χ1n) is 14.4. The quantitative estimate of drug-likeness (QED) is 0.210. The molecule has 3 N–H and O–H groups in total. The molecule has 4 aromatic rings. The van der Waals surface area contributed by atoms with Crippen LogP contribution in [0, 0.1) is 24.7 Å². The summed E-state index contributed by atoms with van der Waals surface area (Å²) in [7, 11) is -3.82. The van der Waals surface area contributed by atoms with Crippen molar-refractivity contribution in [2.24, 2.45) is 17.8 Å². The minimum absolute atomic E-state index is 0.0901. The third kappa shape index (κ3) is 4.84. The van der Waals surface area contributed by atoms with Crippen LogP contribution in [0.5, 0.6) is 0 Å². The van der Waals surface area contributed by atoms with Gasteiger partial charge < -0.3 is 10.6 Å². The van der Waals surface area contributed by atoms with Crippen molar-refractivity contribution >= 4 is 44.6 Å². The van der Waals surface area contributed by atoms with E-state index in [1.54, 1.807) is 30.3 Å². The minimum atomic E-state index is -3.82. The third-order valence-corrected chi connectivity index (χ3v) is 11.2. The lowest BCUT2D eigenvalue weighted by Gasteiger charge is -2.43. The number of hydrogen-bond donors (Lipinski definition) is 3. The highest BCUT2D eigenvalue weighted by Gasteiger charge is 2.53. The van der Waals surface area contributed by atoms with E-state index >= 15 is 0 Å². The van der Waals surface area contributed by atoms with Gasteiger partial charge in [-0.1, -0.05) is 48.0 Å². The Balaban J connectivity index is 1.09. The van der Waals surface area contributed by atoms with Crippen LogP contribution >= 0.6 is 11.6 Å². The van der Waals surface area contributed by atoms with Gasteiger partial charge in [0.25, 0.3) is 15.9 Å². The van der Waals surface area contributed by atoms with Gasteiger partial charge in [0.05, 0.1) is 16.6 Å². The molecule has 7 rings (SSSR count). The molecule has 0 spiro atoms. The molecule has 6 nitrogen and oxygen atoms in total. The van der Waals surface area contributed by atoms with E-state index < -0.39 is 10.0 Å². The SMILES string of the molecule is Cc1ccc(NS(=O)(=O)c2ccc(NC(=O)c3ccc4c(c3)[C@@H]3[C@H]5CC[C@@H](C5)[C@H]3[C@@H](c3ccccc3)N4)cc2)cc1Cl. The van der Waals surface area contributed by atoms with Crippen LogP contribution in [-0.4, -0.2) is 14.3 Å². The molecule has 214 valence electrons. The van der Waals surface area contributed by atoms with Crippen LogP contribution in [0.2, 0.25) is 5.02 Å². The molecule has 8 heteroatoms. The fraction of sp³-hybridized carbons (Fsp3) is 0.265. The molecule has 5 atom stereocenters. The number of carbonyl (C=O) groups excluding carboxylic acids is 1. The fourth-order valence-corrected chi connectivity index (χ4v) is 8.64. The zero-order valence-electron chi connectivity index (χ0n) is 23.2. The molecule has 1 heterocycles. The predicted molar refractivity (Wildman–Crippen MR) is 168 cm³/mol. The summed E-state index contributed by atoms with van der Waals surface area (Å²) in [6, 6.07) is 28.2. The van der Waals surface area contributed by atoms with Crippen molar-refractivity contribution in [2.75, 3.05) is 15.4 Å². The molecule has 0 saturated heterocycles. The first kappa shape index (κ1) is 27.0. The zero-order valence-corrected chi connectivity index (χ0v) is 24.8. The Morgan fingerprint density at radius 3 is 2.38 bits per heavy atom. The maximum atomic E-state index is 13.3. The lowest BCUT2D eigenvalue weighted by molar-refractivity contribution is 0.102. The van der Waals surface area contributed by atoms with E-state index in [0.717, 1.165) is 11.3 Å². The highest BCUT2D eigenvalue weighted by molar-refractivity contribution is 7.92. The van der Waals surface area contributed by atoms with Crippen LogP contribution in [-0.2, 0) is 10.0 Å². The number of anilines is 3. The van der Waals surface area contributed by atoms with Gasteiger partial charge >= 0.3 is 0 Å². The molecule has 0 radical (unpaired) electrons. The van der Waals surface area contributed by atoms with Gasteiger partial charge in [-0.15, -0.1) is 0 Å². The molecule has 2 aliphatic carbocycles. The molecular weight excluding hydrogens is 566 g/mol. The average molecular weight is 598 g/mol. The number of fused-ring (bicyclic) bond motifs is 7. The highest BCUT2D eigenvalue weighted by atomic mass is 35.5. The number of amides is 1. The second-order valence-corrected chi connectivity index (χ2v) is 13.9. The van der Waals surface area contributed by atoms with E-state index in [1.807, 2.05) is 19.1 Å². The van der Waals surface area contributed by atoms with Crippen LogP contribution in [0.4, 0.5) is 17.1 Å². The van der Waals surface area contributed by atoms with Crippen molar-refractivity contribution in [3.63, 3.8) is 0 Å². The third-order valence-electron chi connectivity index (χ3n) is 9.35. The molecule has 42 heavy (non-hydrogen) atoms. The second kappa shape index (κ2) is 10.5. The number of aryl methyl sites for hydroxylation is 1. The molecular formula is C34H32ClN3O3S. The van der Waals surface area contributed by atoms with Crippen molar-refractivity contribution in [2.45, 2.75) is 43.0 Å². The van der Waals surface area contributed by atoms with Crippen molar-refractivity contribution in [3.05, 3.63) is 118 Å². The summed E-state index contributed by atoms with van der Waals surface area (Å²) in [6.45, 7) is 1.85. The van der Waals surface area contributed by atoms with Crippen LogP contribution in [0.15, 0.2) is 95.9 Å². The topological polar surface area (TPSA) is 87.3 Å². The first-order chi connectivity index (χ1) is 20.3. The van der Waals surface area contributed by atoms with Gasteiger partial charge in [0, 0.05) is 22.0 Å². The van der Waals surface area contributed by atoms with E-state index in [9.17, 15) is 13.2 Å². The lowest BCUT2D eigenvalue weighted by Crippen LogP contribution is -2.35. The van der Waals surface area contributed by atoms with Crippen molar-refractivity contribution in [1.82, 2.24) is 0 Å². The minimum Gasteiger partial charge on any atom is -0.378 e. The smallest absolute Gasteiger partial charge is 0.261 e. The number of nitrogens with one attached hydrogen (secondary N) is 3. The average Bonchev–Trinajstić information content (AvgIpc) is 3.62. The van der Waals surface area contributed by atoms with Crippen LogP contribution < -0.4 is 15.4 Å². The van der Waals surface area contributed by atoms with E-state index in [2.05, 4.69) is 51.8 Å².